The number of rotatable bonds is 13. The molecule has 0 saturated carbocycles. The molecule has 4 atom stereocenters. The van der Waals surface area contributed by atoms with Gasteiger partial charge in [-0.05, 0) is 31.8 Å². The van der Waals surface area contributed by atoms with E-state index in [1.807, 2.05) is 13.8 Å². The van der Waals surface area contributed by atoms with E-state index < -0.39 is 12.1 Å². The maximum Gasteiger partial charge on any atom is 0.302 e. The van der Waals surface area contributed by atoms with Crippen molar-refractivity contribution in [3.8, 4) is 0 Å². The van der Waals surface area contributed by atoms with Crippen molar-refractivity contribution in [2.75, 3.05) is 19.6 Å². The van der Waals surface area contributed by atoms with E-state index in [1.54, 1.807) is 0 Å². The Balaban J connectivity index is 2.88. The van der Waals surface area contributed by atoms with Crippen LogP contribution in [-0.2, 0) is 23.9 Å². The van der Waals surface area contributed by atoms with Crippen LogP contribution in [0.2, 0.25) is 0 Å². The Labute approximate surface area is 188 Å². The topological polar surface area (TPSA) is 84.9 Å². The van der Waals surface area contributed by atoms with Crippen LogP contribution in [0.3, 0.4) is 0 Å². The molecule has 7 nitrogen and oxygen atoms in total. The molecular weight excluding hydrogens is 396 g/mol. The zero-order valence-corrected chi connectivity index (χ0v) is 20.4. The van der Waals surface area contributed by atoms with Gasteiger partial charge >= 0.3 is 11.9 Å². The SMILES string of the molecule is CCCCCCCCN1CCC(C(NC(C)=O)C(OC(C)=O)C(C)C)C(OC(C)=O)C1. The van der Waals surface area contributed by atoms with Crippen molar-refractivity contribution in [2.24, 2.45) is 11.8 Å². The molecule has 4 unspecified atom stereocenters. The third kappa shape index (κ3) is 10.5. The molecular formula is C24H44N2O5. The molecule has 1 fully saturated rings. The van der Waals surface area contributed by atoms with Crippen LogP contribution in [0.15, 0.2) is 0 Å². The Morgan fingerprint density at radius 2 is 1.65 bits per heavy atom. The Hall–Kier alpha value is -1.63. The van der Waals surface area contributed by atoms with Crippen LogP contribution in [0, 0.1) is 11.8 Å². The van der Waals surface area contributed by atoms with Crippen molar-refractivity contribution in [3.05, 3.63) is 0 Å². The number of unbranched alkanes of at least 4 members (excludes halogenated alkanes) is 5. The van der Waals surface area contributed by atoms with Gasteiger partial charge < -0.3 is 14.8 Å². The average Bonchev–Trinajstić information content (AvgIpc) is 2.66. The lowest BCUT2D eigenvalue weighted by Crippen LogP contribution is -2.59. The highest BCUT2D eigenvalue weighted by molar-refractivity contribution is 5.73. The quantitative estimate of drug-likeness (QED) is 0.347. The standard InChI is InChI=1S/C24H44N2O5/c1-7-8-9-10-11-12-14-26-15-13-21(22(16-26)30-19(5)28)23(25-18(4)27)24(17(2)3)31-20(6)29/h17,21-24H,7-16H2,1-6H3,(H,25,27). The second-order valence-electron chi connectivity index (χ2n) is 9.21. The summed E-state index contributed by atoms with van der Waals surface area (Å²) in [5.41, 5.74) is 0. The lowest BCUT2D eigenvalue weighted by molar-refractivity contribution is -0.162. The summed E-state index contributed by atoms with van der Waals surface area (Å²) in [4.78, 5) is 37.9. The van der Waals surface area contributed by atoms with Gasteiger partial charge in [-0.3, -0.25) is 19.3 Å². The molecule has 7 heteroatoms. The summed E-state index contributed by atoms with van der Waals surface area (Å²) in [5, 5.41) is 3.00. The largest absolute Gasteiger partial charge is 0.461 e. The minimum absolute atomic E-state index is 0.0138. The third-order valence-corrected chi connectivity index (χ3v) is 5.98. The number of likely N-dealkylation sites (tertiary alicyclic amines) is 1. The number of carbonyl (C=O) groups is 3. The average molecular weight is 441 g/mol. The molecule has 1 aliphatic rings. The number of piperidine rings is 1. The maximum atomic E-state index is 12.0. The van der Waals surface area contributed by atoms with Crippen molar-refractivity contribution in [3.63, 3.8) is 0 Å². The molecule has 180 valence electrons. The van der Waals surface area contributed by atoms with Crippen LogP contribution in [0.1, 0.15) is 86.5 Å². The Bertz CT molecular complexity index is 566. The van der Waals surface area contributed by atoms with Gasteiger partial charge in [0.15, 0.2) is 0 Å². The molecule has 0 aliphatic carbocycles. The summed E-state index contributed by atoms with van der Waals surface area (Å²) in [6.45, 7) is 12.9. The predicted molar refractivity (Wildman–Crippen MR) is 121 cm³/mol. The molecule has 0 aromatic rings. The first kappa shape index (κ1) is 27.4. The molecule has 1 heterocycles. The van der Waals surface area contributed by atoms with E-state index in [0.29, 0.717) is 6.54 Å². The molecule has 1 amide bonds. The summed E-state index contributed by atoms with van der Waals surface area (Å²) in [5.74, 6) is -0.982. The number of hydrogen-bond acceptors (Lipinski definition) is 6. The van der Waals surface area contributed by atoms with Crippen LogP contribution in [-0.4, -0.2) is 60.6 Å². The normalized spacial score (nSPS) is 21.4. The van der Waals surface area contributed by atoms with Gasteiger partial charge in [-0.25, -0.2) is 0 Å². The Morgan fingerprint density at radius 1 is 1.00 bits per heavy atom. The number of nitrogens with zero attached hydrogens (tertiary/aromatic N) is 1. The Morgan fingerprint density at radius 3 is 2.19 bits per heavy atom. The predicted octanol–water partition coefficient (Wildman–Crippen LogP) is 3.69. The summed E-state index contributed by atoms with van der Waals surface area (Å²) in [7, 11) is 0. The van der Waals surface area contributed by atoms with E-state index in [0.717, 1.165) is 25.9 Å². The van der Waals surface area contributed by atoms with E-state index in [2.05, 4.69) is 17.1 Å². The minimum atomic E-state index is -0.477. The van der Waals surface area contributed by atoms with Crippen LogP contribution in [0.25, 0.3) is 0 Å². The van der Waals surface area contributed by atoms with E-state index in [9.17, 15) is 14.4 Å². The first-order chi connectivity index (χ1) is 14.6. The highest BCUT2D eigenvalue weighted by Gasteiger charge is 2.42. The van der Waals surface area contributed by atoms with Gasteiger partial charge in [0.2, 0.25) is 5.91 Å². The maximum absolute atomic E-state index is 12.0. The summed E-state index contributed by atoms with van der Waals surface area (Å²) in [6, 6.07) is -0.401. The van der Waals surface area contributed by atoms with Crippen molar-refractivity contribution in [1.82, 2.24) is 10.2 Å². The second kappa shape index (κ2) is 14.4. The monoisotopic (exact) mass is 440 g/mol. The number of carbonyl (C=O) groups excluding carboxylic acids is 3. The molecule has 0 spiro atoms. The van der Waals surface area contributed by atoms with Gasteiger partial charge in [0.1, 0.15) is 12.2 Å². The van der Waals surface area contributed by atoms with Crippen LogP contribution < -0.4 is 5.32 Å². The molecule has 0 aromatic carbocycles. The molecule has 0 bridgehead atoms. The van der Waals surface area contributed by atoms with Crippen molar-refractivity contribution in [2.45, 2.75) is 105 Å². The van der Waals surface area contributed by atoms with Gasteiger partial charge in [0, 0.05) is 33.2 Å². The van der Waals surface area contributed by atoms with Gasteiger partial charge in [-0.15, -0.1) is 0 Å². The van der Waals surface area contributed by atoms with Crippen molar-refractivity contribution < 1.29 is 23.9 Å². The molecule has 0 aromatic heterocycles. The lowest BCUT2D eigenvalue weighted by atomic mass is 9.80. The zero-order valence-electron chi connectivity index (χ0n) is 20.4. The number of ether oxygens (including phenoxy) is 2. The minimum Gasteiger partial charge on any atom is -0.461 e. The number of esters is 2. The molecule has 1 N–H and O–H groups in total. The van der Waals surface area contributed by atoms with Crippen molar-refractivity contribution in [1.29, 1.82) is 0 Å². The molecule has 1 aliphatic heterocycles. The Kier molecular flexibility index (Phi) is 12.8. The summed E-state index contributed by atoms with van der Waals surface area (Å²) < 4.78 is 11.3. The van der Waals surface area contributed by atoms with Crippen molar-refractivity contribution >= 4 is 17.8 Å². The van der Waals surface area contributed by atoms with E-state index in [1.165, 1.54) is 52.9 Å². The first-order valence-corrected chi connectivity index (χ1v) is 12.0. The van der Waals surface area contributed by atoms with Crippen LogP contribution in [0.4, 0.5) is 0 Å². The van der Waals surface area contributed by atoms with E-state index in [-0.39, 0.29) is 35.8 Å². The fourth-order valence-electron chi connectivity index (χ4n) is 4.55. The number of nitrogens with one attached hydrogen (secondary N) is 1. The lowest BCUT2D eigenvalue weighted by Gasteiger charge is -2.44. The van der Waals surface area contributed by atoms with Crippen LogP contribution >= 0.6 is 0 Å². The zero-order chi connectivity index (χ0) is 23.4. The van der Waals surface area contributed by atoms with Gasteiger partial charge in [0.25, 0.3) is 0 Å². The van der Waals surface area contributed by atoms with Gasteiger partial charge in [0.05, 0.1) is 6.04 Å². The molecule has 31 heavy (non-hydrogen) atoms. The smallest absolute Gasteiger partial charge is 0.302 e. The van der Waals surface area contributed by atoms with Crippen LogP contribution in [0.5, 0.6) is 0 Å². The highest BCUT2D eigenvalue weighted by atomic mass is 16.6. The molecule has 1 saturated heterocycles. The second-order valence-corrected chi connectivity index (χ2v) is 9.21. The van der Waals surface area contributed by atoms with Gasteiger partial charge in [-0.2, -0.15) is 0 Å². The fraction of sp³-hybridized carbons (Fsp3) is 0.875. The summed E-state index contributed by atoms with van der Waals surface area (Å²) in [6.07, 6.45) is 7.40. The van der Waals surface area contributed by atoms with E-state index >= 15 is 0 Å². The number of amides is 1. The molecule has 0 radical (unpaired) electrons. The summed E-state index contributed by atoms with van der Waals surface area (Å²) >= 11 is 0. The third-order valence-electron chi connectivity index (χ3n) is 5.98. The number of hydrogen-bond donors (Lipinski definition) is 1. The van der Waals surface area contributed by atoms with Gasteiger partial charge in [-0.1, -0.05) is 52.9 Å². The highest BCUT2D eigenvalue weighted by Crippen LogP contribution is 2.29. The first-order valence-electron chi connectivity index (χ1n) is 12.0. The van der Waals surface area contributed by atoms with E-state index in [4.69, 9.17) is 9.47 Å². The molecule has 1 rings (SSSR count). The fourth-order valence-corrected chi connectivity index (χ4v) is 4.55.